The van der Waals surface area contributed by atoms with Gasteiger partial charge in [-0.15, -0.1) is 4.91 Å². The average Bonchev–Trinajstić information content (AvgIpc) is 2.05. The predicted octanol–water partition coefficient (Wildman–Crippen LogP) is 1.68. The summed E-state index contributed by atoms with van der Waals surface area (Å²) in [5.41, 5.74) is 5.98. The molecule has 1 aromatic carbocycles. The molecule has 58 valence electrons. The van der Waals surface area contributed by atoms with E-state index in [1.807, 2.05) is 0 Å². The van der Waals surface area contributed by atoms with Gasteiger partial charge in [-0.1, -0.05) is 0 Å². The molecule has 0 aliphatic rings. The lowest BCUT2D eigenvalue weighted by Gasteiger charge is -2.00. The molecule has 1 aromatic rings. The smallest absolute Gasteiger partial charge is 0.134 e. The SMILES string of the molecule is COc1ccc(N)c(N=O)c1. The summed E-state index contributed by atoms with van der Waals surface area (Å²) in [4.78, 5) is 10.1. The quantitative estimate of drug-likeness (QED) is 0.517. The van der Waals surface area contributed by atoms with Crippen LogP contribution in [0.2, 0.25) is 0 Å². The van der Waals surface area contributed by atoms with E-state index in [0.717, 1.165) is 0 Å². The summed E-state index contributed by atoms with van der Waals surface area (Å²) in [5, 5.41) is 2.72. The lowest BCUT2D eigenvalue weighted by Crippen LogP contribution is -1.86. The van der Waals surface area contributed by atoms with E-state index in [0.29, 0.717) is 11.4 Å². The molecule has 0 saturated carbocycles. The Kier molecular flexibility index (Phi) is 2.06. The lowest BCUT2D eigenvalue weighted by molar-refractivity contribution is 0.415. The average molecular weight is 152 g/mol. The first kappa shape index (κ1) is 7.53. The van der Waals surface area contributed by atoms with Crippen molar-refractivity contribution in [3.63, 3.8) is 0 Å². The van der Waals surface area contributed by atoms with Crippen LogP contribution in [-0.4, -0.2) is 7.11 Å². The van der Waals surface area contributed by atoms with Crippen LogP contribution in [0, 0.1) is 4.91 Å². The van der Waals surface area contributed by atoms with Crippen molar-refractivity contribution in [2.75, 3.05) is 12.8 Å². The van der Waals surface area contributed by atoms with Crippen LogP contribution in [0.5, 0.6) is 5.75 Å². The largest absolute Gasteiger partial charge is 0.497 e. The second-order valence-corrected chi connectivity index (χ2v) is 2.02. The van der Waals surface area contributed by atoms with Crippen LogP contribution >= 0.6 is 0 Å². The minimum absolute atomic E-state index is 0.212. The molecule has 4 nitrogen and oxygen atoms in total. The van der Waals surface area contributed by atoms with Crippen molar-refractivity contribution in [2.45, 2.75) is 0 Å². The second-order valence-electron chi connectivity index (χ2n) is 2.02. The molecule has 0 unspecified atom stereocenters. The Morgan fingerprint density at radius 1 is 1.55 bits per heavy atom. The lowest BCUT2D eigenvalue weighted by atomic mass is 10.2. The van der Waals surface area contributed by atoms with Gasteiger partial charge < -0.3 is 10.5 Å². The molecule has 0 aromatic heterocycles. The summed E-state index contributed by atoms with van der Waals surface area (Å²) < 4.78 is 4.86. The molecule has 0 aliphatic heterocycles. The molecule has 0 heterocycles. The Bertz CT molecular complexity index is 273. The van der Waals surface area contributed by atoms with Gasteiger partial charge >= 0.3 is 0 Å². The van der Waals surface area contributed by atoms with E-state index in [-0.39, 0.29) is 5.69 Å². The van der Waals surface area contributed by atoms with Crippen molar-refractivity contribution >= 4 is 11.4 Å². The first-order chi connectivity index (χ1) is 5.27. The Balaban J connectivity index is 3.12. The fourth-order valence-corrected chi connectivity index (χ4v) is 0.730. The van der Waals surface area contributed by atoms with E-state index >= 15 is 0 Å². The number of methoxy groups -OCH3 is 1. The molecule has 0 saturated heterocycles. The Morgan fingerprint density at radius 2 is 2.27 bits per heavy atom. The van der Waals surface area contributed by atoms with E-state index in [4.69, 9.17) is 10.5 Å². The summed E-state index contributed by atoms with van der Waals surface area (Å²) in [5.74, 6) is 0.578. The highest BCUT2D eigenvalue weighted by atomic mass is 16.5. The Morgan fingerprint density at radius 3 is 2.82 bits per heavy atom. The molecule has 0 amide bonds. The molecule has 0 aliphatic carbocycles. The van der Waals surface area contributed by atoms with E-state index in [2.05, 4.69) is 5.18 Å². The number of nitroso groups, excluding NO2 is 1. The molecule has 0 spiro atoms. The van der Waals surface area contributed by atoms with Crippen LogP contribution in [0.25, 0.3) is 0 Å². The van der Waals surface area contributed by atoms with Crippen molar-refractivity contribution in [3.8, 4) is 5.75 Å². The number of anilines is 1. The molecule has 4 heteroatoms. The minimum atomic E-state index is 0.212. The normalized spacial score (nSPS) is 9.18. The molecule has 0 radical (unpaired) electrons. The summed E-state index contributed by atoms with van der Waals surface area (Å²) in [6.45, 7) is 0. The van der Waals surface area contributed by atoms with Gasteiger partial charge in [-0.2, -0.15) is 0 Å². The molecular formula is C7H8N2O2. The number of nitrogens with two attached hydrogens (primary N) is 1. The maximum atomic E-state index is 10.1. The van der Waals surface area contributed by atoms with E-state index in [1.165, 1.54) is 13.2 Å². The van der Waals surface area contributed by atoms with Gasteiger partial charge in [-0.3, -0.25) is 0 Å². The molecule has 1 rings (SSSR count). The van der Waals surface area contributed by atoms with Crippen molar-refractivity contribution in [1.29, 1.82) is 0 Å². The number of hydrogen-bond acceptors (Lipinski definition) is 4. The number of ether oxygens (including phenoxy) is 1. The maximum Gasteiger partial charge on any atom is 0.134 e. The number of hydrogen-bond donors (Lipinski definition) is 1. The van der Waals surface area contributed by atoms with Gasteiger partial charge in [0.15, 0.2) is 0 Å². The molecule has 0 bridgehead atoms. The standard InChI is InChI=1S/C7H8N2O2/c1-11-5-2-3-6(8)7(4-5)9-10/h2-4H,8H2,1H3. The third-order valence-electron chi connectivity index (χ3n) is 1.34. The highest BCUT2D eigenvalue weighted by Crippen LogP contribution is 2.26. The summed E-state index contributed by atoms with van der Waals surface area (Å²) in [7, 11) is 1.51. The minimum Gasteiger partial charge on any atom is -0.497 e. The number of nitrogen functional groups attached to an aromatic ring is 1. The number of benzene rings is 1. The maximum absolute atomic E-state index is 10.1. The zero-order valence-electron chi connectivity index (χ0n) is 6.07. The van der Waals surface area contributed by atoms with Gasteiger partial charge in [0.2, 0.25) is 0 Å². The van der Waals surface area contributed by atoms with Crippen LogP contribution in [0.3, 0.4) is 0 Å². The van der Waals surface area contributed by atoms with Gasteiger partial charge in [-0.25, -0.2) is 0 Å². The van der Waals surface area contributed by atoms with Crippen LogP contribution < -0.4 is 10.5 Å². The van der Waals surface area contributed by atoms with Crippen LogP contribution in [0.15, 0.2) is 23.4 Å². The molecule has 11 heavy (non-hydrogen) atoms. The topological polar surface area (TPSA) is 64.7 Å². The molecule has 0 atom stereocenters. The summed E-state index contributed by atoms with van der Waals surface area (Å²) >= 11 is 0. The summed E-state index contributed by atoms with van der Waals surface area (Å²) in [6, 6.07) is 4.74. The fourth-order valence-electron chi connectivity index (χ4n) is 0.730. The van der Waals surface area contributed by atoms with Gasteiger partial charge in [0, 0.05) is 6.07 Å². The van der Waals surface area contributed by atoms with Gasteiger partial charge in [0.05, 0.1) is 12.8 Å². The monoisotopic (exact) mass is 152 g/mol. The zero-order chi connectivity index (χ0) is 8.27. The first-order valence-corrected chi connectivity index (χ1v) is 3.05. The Labute approximate surface area is 63.9 Å². The van der Waals surface area contributed by atoms with Gasteiger partial charge in [0.1, 0.15) is 11.4 Å². The molecular weight excluding hydrogens is 144 g/mol. The second kappa shape index (κ2) is 3.01. The van der Waals surface area contributed by atoms with Gasteiger partial charge in [-0.05, 0) is 17.3 Å². The predicted molar refractivity (Wildman–Crippen MR) is 42.9 cm³/mol. The Hall–Kier alpha value is -1.58. The molecule has 2 N–H and O–H groups in total. The third-order valence-corrected chi connectivity index (χ3v) is 1.34. The number of nitrogens with zero attached hydrogens (tertiary/aromatic N) is 1. The fraction of sp³-hybridized carbons (Fsp3) is 0.143. The zero-order valence-corrected chi connectivity index (χ0v) is 6.07. The first-order valence-electron chi connectivity index (χ1n) is 3.05. The van der Waals surface area contributed by atoms with Crippen LogP contribution in [-0.2, 0) is 0 Å². The highest BCUT2D eigenvalue weighted by molar-refractivity contribution is 5.64. The van der Waals surface area contributed by atoms with E-state index in [1.54, 1.807) is 12.1 Å². The summed E-state index contributed by atoms with van der Waals surface area (Å²) in [6.07, 6.45) is 0. The highest BCUT2D eigenvalue weighted by Gasteiger charge is 1.99. The van der Waals surface area contributed by atoms with Crippen LogP contribution in [0.4, 0.5) is 11.4 Å². The van der Waals surface area contributed by atoms with Crippen LogP contribution in [0.1, 0.15) is 0 Å². The van der Waals surface area contributed by atoms with Gasteiger partial charge in [0.25, 0.3) is 0 Å². The van der Waals surface area contributed by atoms with Crippen molar-refractivity contribution in [2.24, 2.45) is 5.18 Å². The third kappa shape index (κ3) is 1.46. The van der Waals surface area contributed by atoms with Crippen molar-refractivity contribution < 1.29 is 4.74 Å². The van der Waals surface area contributed by atoms with E-state index < -0.39 is 0 Å². The van der Waals surface area contributed by atoms with Crippen molar-refractivity contribution in [1.82, 2.24) is 0 Å². The van der Waals surface area contributed by atoms with Crippen molar-refractivity contribution in [3.05, 3.63) is 23.1 Å². The molecule has 0 fully saturated rings. The number of rotatable bonds is 2. The van der Waals surface area contributed by atoms with E-state index in [9.17, 15) is 4.91 Å².